The fourth-order valence-electron chi connectivity index (χ4n) is 3.65. The highest BCUT2D eigenvalue weighted by atomic mass is 16.7. The fraction of sp³-hybridized carbons (Fsp3) is 1.00. The number of ether oxygens (including phenoxy) is 5. The Kier molecular flexibility index (Phi) is 8.75. The maximum Gasteiger partial charge on any atom is 0.186 e. The van der Waals surface area contributed by atoms with E-state index in [0.29, 0.717) is 0 Å². The molecular formula is C17H30O15. The summed E-state index contributed by atoms with van der Waals surface area (Å²) in [6.07, 6.45) is -22.2. The molecule has 0 radical (unpaired) electrons. The van der Waals surface area contributed by atoms with Crippen molar-refractivity contribution in [2.75, 3.05) is 19.8 Å². The van der Waals surface area contributed by atoms with Crippen LogP contribution in [-0.2, 0) is 23.7 Å². The van der Waals surface area contributed by atoms with Gasteiger partial charge in [-0.1, -0.05) is 0 Å². The number of hydrogen-bond acceptors (Lipinski definition) is 15. The van der Waals surface area contributed by atoms with Crippen LogP contribution in [0.25, 0.3) is 0 Å². The average molecular weight is 474 g/mol. The second kappa shape index (κ2) is 10.8. The van der Waals surface area contributed by atoms with Crippen molar-refractivity contribution in [3.63, 3.8) is 0 Å². The van der Waals surface area contributed by atoms with Crippen molar-refractivity contribution in [2.45, 2.75) is 86.0 Å². The van der Waals surface area contributed by atoms with E-state index in [1.165, 1.54) is 0 Å². The average Bonchev–Trinajstić information content (AvgIpc) is 2.77. The molecule has 15 heteroatoms. The summed E-state index contributed by atoms with van der Waals surface area (Å²) in [6, 6.07) is 0. The predicted octanol–water partition coefficient (Wildman–Crippen LogP) is -6.93. The normalized spacial score (nSPS) is 52.7. The van der Waals surface area contributed by atoms with Crippen LogP contribution in [0.3, 0.4) is 0 Å². The van der Waals surface area contributed by atoms with Gasteiger partial charge in [-0.25, -0.2) is 0 Å². The first kappa shape index (κ1) is 26.0. The van der Waals surface area contributed by atoms with Crippen LogP contribution in [0.2, 0.25) is 0 Å². The molecule has 0 aromatic carbocycles. The third-order valence-corrected chi connectivity index (χ3v) is 5.68. The van der Waals surface area contributed by atoms with Crippen LogP contribution in [-0.4, -0.2) is 157 Å². The summed E-state index contributed by atoms with van der Waals surface area (Å²) in [7, 11) is 0. The van der Waals surface area contributed by atoms with Gasteiger partial charge in [0.05, 0.1) is 19.8 Å². The van der Waals surface area contributed by atoms with Crippen LogP contribution in [0.4, 0.5) is 0 Å². The maximum absolute atomic E-state index is 10.4. The first-order valence-corrected chi connectivity index (χ1v) is 9.99. The molecule has 0 aliphatic carbocycles. The van der Waals surface area contributed by atoms with Crippen molar-refractivity contribution < 1.29 is 74.7 Å². The largest absolute Gasteiger partial charge is 0.394 e. The van der Waals surface area contributed by atoms with Gasteiger partial charge in [-0.3, -0.25) is 0 Å². The van der Waals surface area contributed by atoms with Gasteiger partial charge in [0.25, 0.3) is 0 Å². The lowest BCUT2D eigenvalue weighted by molar-refractivity contribution is -0.357. The van der Waals surface area contributed by atoms with Crippen LogP contribution in [0, 0.1) is 0 Å². The summed E-state index contributed by atoms with van der Waals surface area (Å²) in [6.45, 7) is -1.62. The highest BCUT2D eigenvalue weighted by Crippen LogP contribution is 2.28. The molecule has 0 amide bonds. The smallest absolute Gasteiger partial charge is 0.186 e. The number of hydrogen-bond donors (Lipinski definition) is 10. The number of rotatable bonds is 6. The first-order valence-electron chi connectivity index (χ1n) is 9.99. The Labute approximate surface area is 181 Å². The quantitative estimate of drug-likeness (QED) is 0.172. The fourth-order valence-corrected chi connectivity index (χ4v) is 3.65. The van der Waals surface area contributed by atoms with E-state index in [1.807, 2.05) is 0 Å². The molecule has 0 saturated carbocycles. The molecule has 3 aliphatic heterocycles. The summed E-state index contributed by atoms with van der Waals surface area (Å²) in [5.74, 6) is 0. The van der Waals surface area contributed by atoms with Gasteiger partial charge in [-0.2, -0.15) is 0 Å². The topological polar surface area (TPSA) is 248 Å². The van der Waals surface area contributed by atoms with E-state index in [-0.39, 0.29) is 6.61 Å². The second-order valence-corrected chi connectivity index (χ2v) is 7.93. The van der Waals surface area contributed by atoms with Gasteiger partial charge in [0.1, 0.15) is 67.1 Å². The minimum Gasteiger partial charge on any atom is -0.394 e. The van der Waals surface area contributed by atoms with Gasteiger partial charge in [-0.05, 0) is 0 Å². The van der Waals surface area contributed by atoms with Crippen molar-refractivity contribution in [1.82, 2.24) is 0 Å². The zero-order chi connectivity index (χ0) is 23.7. The molecule has 0 aromatic heterocycles. The van der Waals surface area contributed by atoms with Crippen molar-refractivity contribution in [3.8, 4) is 0 Å². The molecule has 188 valence electrons. The SMILES string of the molecule is OC[C@H]1O[C@H](OC[C@H]2O[C@H](O)[C@@H](O[C@@H]3OC[C@@H](O)[C@H](O)[C@H]3O)[C@@H](O)[C@@H]2O)[C@@H](O)[C@@H](O)[C@@H]1O. The van der Waals surface area contributed by atoms with E-state index in [0.717, 1.165) is 0 Å². The molecule has 3 rings (SSSR count). The molecule has 0 unspecified atom stereocenters. The van der Waals surface area contributed by atoms with E-state index in [4.69, 9.17) is 23.7 Å². The number of aliphatic hydroxyl groups is 10. The van der Waals surface area contributed by atoms with Crippen LogP contribution in [0.1, 0.15) is 0 Å². The highest BCUT2D eigenvalue weighted by Gasteiger charge is 2.49. The first-order chi connectivity index (χ1) is 15.1. The maximum atomic E-state index is 10.4. The van der Waals surface area contributed by atoms with E-state index >= 15 is 0 Å². The number of aliphatic hydroxyl groups excluding tert-OH is 10. The van der Waals surface area contributed by atoms with Crippen LogP contribution in [0.15, 0.2) is 0 Å². The summed E-state index contributed by atoms with van der Waals surface area (Å²) >= 11 is 0. The van der Waals surface area contributed by atoms with Crippen LogP contribution in [0.5, 0.6) is 0 Å². The molecule has 0 spiro atoms. The molecule has 15 nitrogen and oxygen atoms in total. The summed E-state index contributed by atoms with van der Waals surface area (Å²) < 4.78 is 25.9. The minimum absolute atomic E-state index is 0.388. The molecule has 10 N–H and O–H groups in total. The Morgan fingerprint density at radius 2 is 1.28 bits per heavy atom. The summed E-state index contributed by atoms with van der Waals surface area (Å²) in [4.78, 5) is 0. The third-order valence-electron chi connectivity index (χ3n) is 5.68. The minimum atomic E-state index is -1.85. The zero-order valence-electron chi connectivity index (χ0n) is 16.7. The zero-order valence-corrected chi connectivity index (χ0v) is 16.7. The van der Waals surface area contributed by atoms with Crippen molar-refractivity contribution in [3.05, 3.63) is 0 Å². The van der Waals surface area contributed by atoms with Gasteiger partial charge in [-0.15, -0.1) is 0 Å². The summed E-state index contributed by atoms with van der Waals surface area (Å²) in [5, 5.41) is 98.7. The van der Waals surface area contributed by atoms with Crippen LogP contribution < -0.4 is 0 Å². The lowest BCUT2D eigenvalue weighted by Gasteiger charge is -2.44. The molecule has 3 fully saturated rings. The Hall–Kier alpha value is -0.600. The molecule has 14 atom stereocenters. The molecule has 32 heavy (non-hydrogen) atoms. The Morgan fingerprint density at radius 3 is 1.94 bits per heavy atom. The molecule has 0 aromatic rings. The lowest BCUT2D eigenvalue weighted by Crippen LogP contribution is -2.63. The van der Waals surface area contributed by atoms with E-state index < -0.39 is 99.2 Å². The molecule has 3 saturated heterocycles. The molecular weight excluding hydrogens is 444 g/mol. The van der Waals surface area contributed by atoms with E-state index in [9.17, 15) is 51.1 Å². The van der Waals surface area contributed by atoms with Gasteiger partial charge < -0.3 is 74.7 Å². The molecule has 3 aliphatic rings. The van der Waals surface area contributed by atoms with Gasteiger partial charge >= 0.3 is 0 Å². The van der Waals surface area contributed by atoms with Crippen molar-refractivity contribution in [2.24, 2.45) is 0 Å². The standard InChI is InChI=1S/C17H30O15/c18-1-5-8(21)10(23)13(26)16(31-5)29-3-6-9(22)11(24)14(15(27)30-6)32-17-12(25)7(20)4(19)2-28-17/h4-27H,1-3H2/t4-,5-,6-,7+,8-,9-,10+,11+,12-,13+,14+,15+,16+,17+/m1/s1. The third kappa shape index (κ3) is 5.22. The second-order valence-electron chi connectivity index (χ2n) is 7.93. The Balaban J connectivity index is 1.56. The van der Waals surface area contributed by atoms with Crippen molar-refractivity contribution in [1.29, 1.82) is 0 Å². The Morgan fingerprint density at radius 1 is 0.656 bits per heavy atom. The van der Waals surface area contributed by atoms with Gasteiger partial charge in [0.15, 0.2) is 18.9 Å². The predicted molar refractivity (Wildman–Crippen MR) is 95.2 cm³/mol. The molecule has 0 bridgehead atoms. The molecule has 3 heterocycles. The van der Waals surface area contributed by atoms with E-state index in [1.54, 1.807) is 0 Å². The van der Waals surface area contributed by atoms with Gasteiger partial charge in [0, 0.05) is 0 Å². The van der Waals surface area contributed by atoms with Crippen LogP contribution >= 0.6 is 0 Å². The van der Waals surface area contributed by atoms with Gasteiger partial charge in [0.2, 0.25) is 0 Å². The van der Waals surface area contributed by atoms with Crippen molar-refractivity contribution >= 4 is 0 Å². The monoisotopic (exact) mass is 474 g/mol. The Bertz CT molecular complexity index is 594. The van der Waals surface area contributed by atoms with E-state index in [2.05, 4.69) is 0 Å². The lowest BCUT2D eigenvalue weighted by atomic mass is 9.98. The summed E-state index contributed by atoms with van der Waals surface area (Å²) in [5.41, 5.74) is 0. The highest BCUT2D eigenvalue weighted by molar-refractivity contribution is 4.93.